The van der Waals surface area contributed by atoms with Gasteiger partial charge >= 0.3 is 0 Å². The average molecular weight is 228 g/mol. The molecule has 2 nitrogen and oxygen atoms in total. The molecule has 2 rings (SSSR count). The minimum absolute atomic E-state index is 0.503. The quantitative estimate of drug-likeness (QED) is 0.860. The van der Waals surface area contributed by atoms with Crippen molar-refractivity contribution in [2.24, 2.45) is 0 Å². The van der Waals surface area contributed by atoms with E-state index in [0.717, 1.165) is 17.6 Å². The number of rotatable bonds is 3. The first kappa shape index (κ1) is 11.9. The number of anilines is 1. The molecule has 0 atom stereocenters. The van der Waals surface area contributed by atoms with Gasteiger partial charge in [-0.05, 0) is 24.0 Å². The summed E-state index contributed by atoms with van der Waals surface area (Å²) in [5.41, 5.74) is 4.80. The molecule has 1 aromatic heterocycles. The Morgan fingerprint density at radius 2 is 2.06 bits per heavy atom. The number of aryl methyl sites for hydroxylation is 1. The summed E-state index contributed by atoms with van der Waals surface area (Å²) in [5.74, 6) is 0.503. The van der Waals surface area contributed by atoms with Gasteiger partial charge in [-0.3, -0.25) is 4.98 Å². The minimum Gasteiger partial charge on any atom is -0.388 e. The van der Waals surface area contributed by atoms with Crippen LogP contribution in [0.2, 0.25) is 0 Å². The number of hydrogen-bond donors (Lipinski definition) is 1. The average Bonchev–Trinajstić information content (AvgIpc) is 2.36. The van der Waals surface area contributed by atoms with E-state index in [1.807, 2.05) is 7.05 Å². The second kappa shape index (κ2) is 4.74. The third-order valence-corrected chi connectivity index (χ3v) is 3.18. The zero-order valence-corrected chi connectivity index (χ0v) is 11.0. The Kier molecular flexibility index (Phi) is 3.32. The lowest BCUT2D eigenvalue weighted by Gasteiger charge is -2.13. The highest BCUT2D eigenvalue weighted by molar-refractivity contribution is 5.93. The molecule has 0 aliphatic carbocycles. The fourth-order valence-corrected chi connectivity index (χ4v) is 2.18. The van der Waals surface area contributed by atoms with Crippen molar-refractivity contribution >= 4 is 16.6 Å². The molecule has 0 saturated carbocycles. The largest absolute Gasteiger partial charge is 0.388 e. The maximum Gasteiger partial charge on any atom is 0.0760 e. The highest BCUT2D eigenvalue weighted by Crippen LogP contribution is 2.29. The number of pyridine rings is 1. The topological polar surface area (TPSA) is 24.9 Å². The third-order valence-electron chi connectivity index (χ3n) is 3.18. The molecule has 17 heavy (non-hydrogen) atoms. The molecule has 0 bridgehead atoms. The summed E-state index contributed by atoms with van der Waals surface area (Å²) in [6.07, 6.45) is 0.969. The fourth-order valence-electron chi connectivity index (χ4n) is 2.18. The number of nitrogens with one attached hydrogen (secondary N) is 1. The number of fused-ring (bicyclic) bond motifs is 1. The van der Waals surface area contributed by atoms with Gasteiger partial charge in [0.05, 0.1) is 5.52 Å². The number of hydrogen-bond acceptors (Lipinski definition) is 2. The van der Waals surface area contributed by atoms with Crippen molar-refractivity contribution in [3.8, 4) is 0 Å². The van der Waals surface area contributed by atoms with E-state index in [4.69, 9.17) is 4.98 Å². The first-order chi connectivity index (χ1) is 8.17. The van der Waals surface area contributed by atoms with Gasteiger partial charge in [-0.25, -0.2) is 0 Å². The number of benzene rings is 1. The van der Waals surface area contributed by atoms with Crippen LogP contribution in [0.25, 0.3) is 10.9 Å². The Morgan fingerprint density at radius 1 is 1.29 bits per heavy atom. The van der Waals surface area contributed by atoms with Crippen LogP contribution in [0.15, 0.2) is 24.3 Å². The minimum atomic E-state index is 0.503. The first-order valence-corrected chi connectivity index (χ1v) is 6.27. The predicted octanol–water partition coefficient (Wildman–Crippen LogP) is 3.96. The monoisotopic (exact) mass is 228 g/mol. The maximum absolute atomic E-state index is 4.78. The fraction of sp³-hybridized carbons (Fsp3) is 0.400. The molecule has 0 fully saturated rings. The van der Waals surface area contributed by atoms with Crippen LogP contribution in [0.1, 0.15) is 37.9 Å². The van der Waals surface area contributed by atoms with E-state index in [1.54, 1.807) is 0 Å². The molecule has 0 saturated heterocycles. The first-order valence-electron chi connectivity index (χ1n) is 6.27. The maximum atomic E-state index is 4.78. The summed E-state index contributed by atoms with van der Waals surface area (Å²) in [4.78, 5) is 4.78. The third kappa shape index (κ3) is 2.12. The van der Waals surface area contributed by atoms with E-state index in [-0.39, 0.29) is 0 Å². The summed E-state index contributed by atoms with van der Waals surface area (Å²) >= 11 is 0. The molecule has 0 spiro atoms. The molecule has 0 radical (unpaired) electrons. The van der Waals surface area contributed by atoms with Crippen molar-refractivity contribution in [2.45, 2.75) is 33.1 Å². The molecule has 0 aliphatic rings. The van der Waals surface area contributed by atoms with Crippen LogP contribution in [0.3, 0.4) is 0 Å². The molecule has 2 aromatic rings. The number of aromatic nitrogens is 1. The zero-order chi connectivity index (χ0) is 12.4. The molecule has 1 N–H and O–H groups in total. The smallest absolute Gasteiger partial charge is 0.0760 e. The summed E-state index contributed by atoms with van der Waals surface area (Å²) in [7, 11) is 1.97. The molecule has 0 amide bonds. The molecule has 2 heteroatoms. The molecular weight excluding hydrogens is 208 g/mol. The summed E-state index contributed by atoms with van der Waals surface area (Å²) in [6.45, 7) is 6.58. The summed E-state index contributed by atoms with van der Waals surface area (Å²) < 4.78 is 0. The molecule has 90 valence electrons. The van der Waals surface area contributed by atoms with Crippen molar-refractivity contribution in [1.29, 1.82) is 0 Å². The second-order valence-corrected chi connectivity index (χ2v) is 4.66. The van der Waals surface area contributed by atoms with Crippen LogP contribution in [0.5, 0.6) is 0 Å². The van der Waals surface area contributed by atoms with Crippen LogP contribution in [0, 0.1) is 0 Å². The van der Waals surface area contributed by atoms with Crippen LogP contribution in [-0.4, -0.2) is 12.0 Å². The van der Waals surface area contributed by atoms with E-state index < -0.39 is 0 Å². The molecule has 1 heterocycles. The van der Waals surface area contributed by atoms with Gasteiger partial charge in [0.15, 0.2) is 0 Å². The SMILES string of the molecule is CCc1cc(NC)c2cccc(C(C)C)c2n1. The van der Waals surface area contributed by atoms with Gasteiger partial charge in [0.1, 0.15) is 0 Å². The van der Waals surface area contributed by atoms with E-state index >= 15 is 0 Å². The van der Waals surface area contributed by atoms with Gasteiger partial charge in [0.2, 0.25) is 0 Å². The van der Waals surface area contributed by atoms with Gasteiger partial charge in [-0.2, -0.15) is 0 Å². The Labute approximate surface area is 103 Å². The highest BCUT2D eigenvalue weighted by Gasteiger charge is 2.10. The van der Waals surface area contributed by atoms with Crippen molar-refractivity contribution in [3.05, 3.63) is 35.5 Å². The Bertz CT molecular complexity index is 530. The Balaban J connectivity index is 2.79. The highest BCUT2D eigenvalue weighted by atomic mass is 14.8. The lowest BCUT2D eigenvalue weighted by molar-refractivity contribution is 0.871. The van der Waals surface area contributed by atoms with Crippen LogP contribution in [0.4, 0.5) is 5.69 Å². The van der Waals surface area contributed by atoms with E-state index in [9.17, 15) is 0 Å². The lowest BCUT2D eigenvalue weighted by atomic mass is 9.98. The van der Waals surface area contributed by atoms with E-state index in [0.29, 0.717) is 5.92 Å². The van der Waals surface area contributed by atoms with Crippen molar-refractivity contribution in [3.63, 3.8) is 0 Å². The lowest BCUT2D eigenvalue weighted by Crippen LogP contribution is -1.99. The molecule has 0 unspecified atom stereocenters. The number of nitrogens with zero attached hydrogens (tertiary/aromatic N) is 1. The molecular formula is C15H20N2. The standard InChI is InChI=1S/C15H20N2/c1-5-11-9-14(16-4)13-8-6-7-12(10(2)3)15(13)17-11/h6-10H,5H2,1-4H3,(H,16,17). The Morgan fingerprint density at radius 3 is 2.65 bits per heavy atom. The van der Waals surface area contributed by atoms with Crippen LogP contribution in [-0.2, 0) is 6.42 Å². The van der Waals surface area contributed by atoms with Gasteiger partial charge in [-0.15, -0.1) is 0 Å². The van der Waals surface area contributed by atoms with Gasteiger partial charge in [0.25, 0.3) is 0 Å². The van der Waals surface area contributed by atoms with Gasteiger partial charge < -0.3 is 5.32 Å². The van der Waals surface area contributed by atoms with Crippen LogP contribution < -0.4 is 5.32 Å². The van der Waals surface area contributed by atoms with Crippen LogP contribution >= 0.6 is 0 Å². The van der Waals surface area contributed by atoms with Crippen molar-refractivity contribution in [2.75, 3.05) is 12.4 Å². The Hall–Kier alpha value is -1.57. The number of para-hydroxylation sites is 1. The van der Waals surface area contributed by atoms with Gasteiger partial charge in [0, 0.05) is 23.8 Å². The summed E-state index contributed by atoms with van der Waals surface area (Å²) in [5, 5.41) is 4.49. The zero-order valence-electron chi connectivity index (χ0n) is 11.0. The summed E-state index contributed by atoms with van der Waals surface area (Å²) in [6, 6.07) is 8.58. The van der Waals surface area contributed by atoms with Crippen molar-refractivity contribution < 1.29 is 0 Å². The second-order valence-electron chi connectivity index (χ2n) is 4.66. The predicted molar refractivity (Wildman–Crippen MR) is 74.8 cm³/mol. The van der Waals surface area contributed by atoms with Gasteiger partial charge in [-0.1, -0.05) is 39.0 Å². The molecule has 1 aromatic carbocycles. The van der Waals surface area contributed by atoms with Crippen molar-refractivity contribution in [1.82, 2.24) is 4.98 Å². The van der Waals surface area contributed by atoms with E-state index in [1.165, 1.54) is 16.6 Å². The van der Waals surface area contributed by atoms with E-state index in [2.05, 4.69) is 50.4 Å². The molecule has 0 aliphatic heterocycles. The normalized spacial score (nSPS) is 11.1.